The summed E-state index contributed by atoms with van der Waals surface area (Å²) in [7, 11) is -3.81. The Balaban J connectivity index is 1.30. The van der Waals surface area contributed by atoms with Crippen LogP contribution in [0.5, 0.6) is 0 Å². The summed E-state index contributed by atoms with van der Waals surface area (Å²) < 4.78 is 39.3. The number of hydrogen-bond donors (Lipinski definition) is 2. The first-order valence-corrected chi connectivity index (χ1v) is 12.9. The first-order chi connectivity index (χ1) is 16.5. The van der Waals surface area contributed by atoms with Crippen molar-refractivity contribution in [2.45, 2.75) is 11.4 Å². The molecule has 2 aromatic heterocycles. The minimum absolute atomic E-state index is 0.000215. The molecular formula is C23H22N4O5S2. The van der Waals surface area contributed by atoms with Gasteiger partial charge < -0.3 is 19.4 Å². The summed E-state index contributed by atoms with van der Waals surface area (Å²) in [5.74, 6) is 0.0908. The molecule has 9 nitrogen and oxygen atoms in total. The Morgan fingerprint density at radius 1 is 1.09 bits per heavy atom. The van der Waals surface area contributed by atoms with Crippen LogP contribution in [0, 0.1) is 0 Å². The Bertz CT molecular complexity index is 1410. The third-order valence-electron chi connectivity index (χ3n) is 5.34. The van der Waals surface area contributed by atoms with Gasteiger partial charge in [-0.15, -0.1) is 0 Å². The van der Waals surface area contributed by atoms with Crippen LogP contribution in [0.4, 0.5) is 10.8 Å². The number of amides is 1. The normalized spacial score (nSPS) is 14.4. The highest BCUT2D eigenvalue weighted by Gasteiger charge is 2.18. The summed E-state index contributed by atoms with van der Waals surface area (Å²) >= 11 is 1.56. The highest BCUT2D eigenvalue weighted by atomic mass is 32.2. The number of ether oxygens (including phenoxy) is 1. The standard InChI is InChI=1S/C23H22N4O5S2/c28-22(16-3-1-5-19(13-16)34(29,30)24-15-18-4-2-10-32-18)25-17-6-7-20-21(14-17)33-23(26-20)27-8-11-31-12-9-27/h1-7,10,13-14,24H,8-9,11-12,15H2,(H,25,28). The number of nitrogens with one attached hydrogen (secondary N) is 2. The predicted octanol–water partition coefficient (Wildman–Crippen LogP) is 3.46. The molecule has 0 radical (unpaired) electrons. The fourth-order valence-corrected chi connectivity index (χ4v) is 5.65. The maximum absolute atomic E-state index is 12.9. The number of furan rings is 1. The second kappa shape index (κ2) is 9.55. The molecule has 0 atom stereocenters. The smallest absolute Gasteiger partial charge is 0.255 e. The van der Waals surface area contributed by atoms with E-state index in [1.165, 1.54) is 24.5 Å². The number of benzene rings is 2. The SMILES string of the molecule is O=C(Nc1ccc2nc(N3CCOCC3)sc2c1)c1cccc(S(=O)(=O)NCc2ccco2)c1. The van der Waals surface area contributed by atoms with E-state index in [-0.39, 0.29) is 17.0 Å². The molecule has 2 N–H and O–H groups in total. The zero-order valence-electron chi connectivity index (χ0n) is 18.1. The summed E-state index contributed by atoms with van der Waals surface area (Å²) in [5, 5.41) is 3.78. The Morgan fingerprint density at radius 2 is 1.94 bits per heavy atom. The fourth-order valence-electron chi connectivity index (χ4n) is 3.55. The quantitative estimate of drug-likeness (QED) is 0.401. The third kappa shape index (κ3) is 4.97. The van der Waals surface area contributed by atoms with E-state index in [4.69, 9.17) is 9.15 Å². The van der Waals surface area contributed by atoms with Gasteiger partial charge in [-0.25, -0.2) is 18.1 Å². The number of carbonyl (C=O) groups excluding carboxylic acids is 1. The molecule has 1 aliphatic rings. The maximum Gasteiger partial charge on any atom is 0.255 e. The average molecular weight is 499 g/mol. The predicted molar refractivity (Wildman–Crippen MR) is 130 cm³/mol. The van der Waals surface area contributed by atoms with Gasteiger partial charge in [0.05, 0.1) is 41.1 Å². The number of hydrogen-bond acceptors (Lipinski definition) is 8. The summed E-state index contributed by atoms with van der Waals surface area (Å²) in [6.45, 7) is 3.00. The summed E-state index contributed by atoms with van der Waals surface area (Å²) in [4.78, 5) is 19.7. The molecule has 2 aromatic carbocycles. The molecule has 1 amide bonds. The second-order valence-corrected chi connectivity index (χ2v) is 10.4. The number of thiazole rings is 1. The van der Waals surface area contributed by atoms with Gasteiger partial charge in [0.25, 0.3) is 5.91 Å². The van der Waals surface area contributed by atoms with Gasteiger partial charge in [-0.3, -0.25) is 4.79 Å². The lowest BCUT2D eigenvalue weighted by atomic mass is 10.2. The van der Waals surface area contributed by atoms with Gasteiger partial charge in [0.2, 0.25) is 10.0 Å². The Morgan fingerprint density at radius 3 is 2.74 bits per heavy atom. The first kappa shape index (κ1) is 22.5. The molecule has 0 aliphatic carbocycles. The maximum atomic E-state index is 12.9. The van der Waals surface area contributed by atoms with Crippen molar-refractivity contribution < 1.29 is 22.4 Å². The molecule has 4 aromatic rings. The van der Waals surface area contributed by atoms with Crippen molar-refractivity contribution in [2.75, 3.05) is 36.5 Å². The largest absolute Gasteiger partial charge is 0.468 e. The zero-order chi connectivity index (χ0) is 23.5. The molecule has 34 heavy (non-hydrogen) atoms. The molecule has 5 rings (SSSR count). The Labute approximate surface area is 200 Å². The summed E-state index contributed by atoms with van der Waals surface area (Å²) in [6.07, 6.45) is 1.47. The summed E-state index contributed by atoms with van der Waals surface area (Å²) in [6, 6.07) is 14.8. The molecule has 0 spiro atoms. The van der Waals surface area contributed by atoms with E-state index >= 15 is 0 Å². The van der Waals surface area contributed by atoms with Gasteiger partial charge in [-0.2, -0.15) is 0 Å². The topological polar surface area (TPSA) is 114 Å². The molecule has 176 valence electrons. The molecule has 1 aliphatic heterocycles. The van der Waals surface area contributed by atoms with Crippen molar-refractivity contribution in [1.82, 2.24) is 9.71 Å². The van der Waals surface area contributed by atoms with E-state index in [0.717, 1.165) is 28.4 Å². The summed E-state index contributed by atoms with van der Waals surface area (Å²) in [5.41, 5.74) is 1.71. The van der Waals surface area contributed by atoms with Crippen LogP contribution in [-0.4, -0.2) is 45.6 Å². The highest BCUT2D eigenvalue weighted by Crippen LogP contribution is 2.31. The van der Waals surface area contributed by atoms with Gasteiger partial charge in [0.15, 0.2) is 5.13 Å². The van der Waals surface area contributed by atoms with Gasteiger partial charge in [0, 0.05) is 24.3 Å². The van der Waals surface area contributed by atoms with Crippen molar-refractivity contribution >= 4 is 48.3 Å². The molecular weight excluding hydrogens is 476 g/mol. The number of fused-ring (bicyclic) bond motifs is 1. The van der Waals surface area contributed by atoms with E-state index in [0.29, 0.717) is 24.7 Å². The van der Waals surface area contributed by atoms with E-state index in [1.54, 1.807) is 35.6 Å². The molecule has 1 saturated heterocycles. The minimum atomic E-state index is -3.81. The van der Waals surface area contributed by atoms with Crippen molar-refractivity contribution in [2.24, 2.45) is 0 Å². The van der Waals surface area contributed by atoms with Crippen LogP contribution in [0.2, 0.25) is 0 Å². The van der Waals surface area contributed by atoms with Crippen LogP contribution in [0.1, 0.15) is 16.1 Å². The van der Waals surface area contributed by atoms with Crippen LogP contribution in [0.25, 0.3) is 10.2 Å². The Kier molecular flexibility index (Phi) is 6.33. The van der Waals surface area contributed by atoms with E-state index < -0.39 is 15.9 Å². The molecule has 3 heterocycles. The van der Waals surface area contributed by atoms with E-state index in [2.05, 4.69) is 19.9 Å². The molecule has 0 saturated carbocycles. The third-order valence-corrected chi connectivity index (χ3v) is 7.82. The number of anilines is 2. The van der Waals surface area contributed by atoms with Gasteiger partial charge in [-0.05, 0) is 48.5 Å². The van der Waals surface area contributed by atoms with Crippen LogP contribution in [-0.2, 0) is 21.3 Å². The van der Waals surface area contributed by atoms with Crippen molar-refractivity contribution in [3.8, 4) is 0 Å². The van der Waals surface area contributed by atoms with Crippen LogP contribution in [0.15, 0.2) is 70.2 Å². The van der Waals surface area contributed by atoms with Gasteiger partial charge in [0.1, 0.15) is 5.76 Å². The van der Waals surface area contributed by atoms with E-state index in [1.807, 2.05) is 12.1 Å². The lowest BCUT2D eigenvalue weighted by Crippen LogP contribution is -2.36. The number of morpholine rings is 1. The van der Waals surface area contributed by atoms with Gasteiger partial charge >= 0.3 is 0 Å². The second-order valence-electron chi connectivity index (χ2n) is 7.66. The lowest BCUT2D eigenvalue weighted by molar-refractivity contribution is 0.102. The molecule has 1 fully saturated rings. The molecule has 11 heteroatoms. The zero-order valence-corrected chi connectivity index (χ0v) is 19.7. The van der Waals surface area contributed by atoms with Crippen LogP contribution < -0.4 is 14.9 Å². The van der Waals surface area contributed by atoms with Crippen molar-refractivity contribution in [3.63, 3.8) is 0 Å². The first-order valence-electron chi connectivity index (χ1n) is 10.6. The number of rotatable bonds is 7. The fraction of sp³-hybridized carbons (Fsp3) is 0.217. The molecule has 0 unspecified atom stereocenters. The van der Waals surface area contributed by atoms with Gasteiger partial charge in [-0.1, -0.05) is 17.4 Å². The van der Waals surface area contributed by atoms with Crippen molar-refractivity contribution in [1.29, 1.82) is 0 Å². The lowest BCUT2D eigenvalue weighted by Gasteiger charge is -2.25. The number of carbonyl (C=O) groups is 1. The highest BCUT2D eigenvalue weighted by molar-refractivity contribution is 7.89. The Hall–Kier alpha value is -3.25. The number of nitrogens with zero attached hydrogens (tertiary/aromatic N) is 2. The number of aromatic nitrogens is 1. The molecule has 0 bridgehead atoms. The average Bonchev–Trinajstić information content (AvgIpc) is 3.53. The number of sulfonamides is 1. The minimum Gasteiger partial charge on any atom is -0.468 e. The van der Waals surface area contributed by atoms with Crippen LogP contribution in [0.3, 0.4) is 0 Å². The van der Waals surface area contributed by atoms with Crippen molar-refractivity contribution in [3.05, 3.63) is 72.2 Å². The monoisotopic (exact) mass is 498 g/mol. The van der Waals surface area contributed by atoms with Crippen LogP contribution >= 0.6 is 11.3 Å². The van der Waals surface area contributed by atoms with E-state index in [9.17, 15) is 13.2 Å².